The predicted molar refractivity (Wildman–Crippen MR) is 94.1 cm³/mol. The Hall–Kier alpha value is -2.69. The van der Waals surface area contributed by atoms with Gasteiger partial charge in [-0.1, -0.05) is 0 Å². The number of benzene rings is 1. The van der Waals surface area contributed by atoms with Gasteiger partial charge < -0.3 is 0 Å². The minimum atomic E-state index is 0.0272. The van der Waals surface area contributed by atoms with Crippen molar-refractivity contribution in [2.24, 2.45) is 11.5 Å². The topological polar surface area (TPSA) is 113 Å². The van der Waals surface area contributed by atoms with Crippen molar-refractivity contribution in [3.63, 3.8) is 0 Å². The van der Waals surface area contributed by atoms with Gasteiger partial charge in [-0.05, 0) is 0 Å². The molecule has 0 aliphatic carbocycles. The fourth-order valence-electron chi connectivity index (χ4n) is 2.14. The number of pyridine rings is 1. The van der Waals surface area contributed by atoms with Crippen molar-refractivity contribution in [2.45, 2.75) is 0 Å². The first-order valence-electron chi connectivity index (χ1n) is 6.90. The van der Waals surface area contributed by atoms with Gasteiger partial charge >= 0.3 is 139 Å². The number of hydrogen-bond donors (Lipinski definition) is 4. The van der Waals surface area contributed by atoms with Gasteiger partial charge in [0.1, 0.15) is 0 Å². The van der Waals surface area contributed by atoms with E-state index in [1.807, 2.05) is 36.4 Å². The standard InChI is InChI=1S/C17H15N5Se/c18-16(19)11-3-1-10(2-4-11)14-7-8-15(23-14)13-6-5-12(9-22-13)17(20)21/h1-9H,(H3,18,19)(H3,20,21). The molecule has 5 nitrogen and oxygen atoms in total. The molecule has 0 amide bonds. The molecule has 3 rings (SSSR count). The van der Waals surface area contributed by atoms with Crippen molar-refractivity contribution in [1.82, 2.24) is 4.98 Å². The number of rotatable bonds is 4. The second-order valence-electron chi connectivity index (χ2n) is 5.00. The van der Waals surface area contributed by atoms with E-state index in [0.29, 0.717) is 5.56 Å². The van der Waals surface area contributed by atoms with Gasteiger partial charge in [-0.15, -0.1) is 0 Å². The van der Waals surface area contributed by atoms with Crippen LogP contribution in [0.25, 0.3) is 20.1 Å². The van der Waals surface area contributed by atoms with Crippen LogP contribution in [0.5, 0.6) is 0 Å². The van der Waals surface area contributed by atoms with Gasteiger partial charge in [-0.3, -0.25) is 0 Å². The molecule has 0 radical (unpaired) electrons. The van der Waals surface area contributed by atoms with E-state index in [4.69, 9.17) is 22.3 Å². The molecule has 0 aliphatic heterocycles. The summed E-state index contributed by atoms with van der Waals surface area (Å²) in [6.07, 6.45) is 1.63. The van der Waals surface area contributed by atoms with Crippen LogP contribution >= 0.6 is 0 Å². The van der Waals surface area contributed by atoms with Gasteiger partial charge in [0.15, 0.2) is 0 Å². The van der Waals surface area contributed by atoms with Crippen LogP contribution < -0.4 is 11.5 Å². The van der Waals surface area contributed by atoms with Crippen molar-refractivity contribution in [1.29, 1.82) is 10.8 Å². The Morgan fingerprint density at radius 2 is 1.39 bits per heavy atom. The Morgan fingerprint density at radius 1 is 0.783 bits per heavy atom. The maximum atomic E-state index is 7.43. The van der Waals surface area contributed by atoms with Gasteiger partial charge in [0.05, 0.1) is 0 Å². The zero-order valence-electron chi connectivity index (χ0n) is 12.2. The summed E-state index contributed by atoms with van der Waals surface area (Å²) >= 11 is 0.169. The summed E-state index contributed by atoms with van der Waals surface area (Å²) in [6, 6.07) is 15.6. The van der Waals surface area contributed by atoms with E-state index in [2.05, 4.69) is 17.1 Å². The molecule has 0 saturated carbocycles. The van der Waals surface area contributed by atoms with Crippen molar-refractivity contribution >= 4 is 26.2 Å². The fraction of sp³-hybridized carbons (Fsp3) is 0. The van der Waals surface area contributed by atoms with E-state index >= 15 is 0 Å². The van der Waals surface area contributed by atoms with E-state index in [1.165, 1.54) is 8.87 Å². The van der Waals surface area contributed by atoms with Crippen molar-refractivity contribution < 1.29 is 0 Å². The average Bonchev–Trinajstić information content (AvgIpc) is 3.05. The second kappa shape index (κ2) is 6.20. The van der Waals surface area contributed by atoms with Crippen molar-refractivity contribution in [3.8, 4) is 20.1 Å². The number of nitrogens with one attached hydrogen (secondary N) is 2. The Balaban J connectivity index is 1.87. The molecule has 1 aromatic carbocycles. The van der Waals surface area contributed by atoms with E-state index in [9.17, 15) is 0 Å². The molecule has 6 heteroatoms. The Kier molecular flexibility index (Phi) is 4.10. The van der Waals surface area contributed by atoms with Crippen LogP contribution in [0, 0.1) is 10.8 Å². The van der Waals surface area contributed by atoms with Gasteiger partial charge in [0, 0.05) is 0 Å². The molecule has 0 saturated heterocycles. The minimum absolute atomic E-state index is 0.0272. The maximum absolute atomic E-state index is 7.43. The molecule has 23 heavy (non-hydrogen) atoms. The zero-order chi connectivity index (χ0) is 16.4. The molecule has 6 N–H and O–H groups in total. The third-order valence-electron chi connectivity index (χ3n) is 3.41. The number of aromatic nitrogens is 1. The molecule has 3 aromatic rings. The SMILES string of the molecule is N=C(N)c1ccc(-c2ccc(-c3ccc(C(=N)N)cn3)[se]2)cc1. The number of nitrogens with zero attached hydrogens (tertiary/aromatic N) is 1. The summed E-state index contributed by atoms with van der Waals surface area (Å²) in [5.41, 5.74) is 14.3. The average molecular weight is 368 g/mol. The summed E-state index contributed by atoms with van der Waals surface area (Å²) in [5.74, 6) is 0.107. The summed E-state index contributed by atoms with van der Waals surface area (Å²) in [6.45, 7) is 0. The predicted octanol–water partition coefficient (Wildman–Crippen LogP) is 2.04. The molecule has 0 aliphatic rings. The van der Waals surface area contributed by atoms with E-state index in [1.54, 1.807) is 6.20 Å². The molecule has 2 aromatic heterocycles. The zero-order valence-corrected chi connectivity index (χ0v) is 13.9. The first kappa shape index (κ1) is 15.2. The Bertz CT molecular complexity index is 791. The van der Waals surface area contributed by atoms with Crippen LogP contribution in [0.3, 0.4) is 0 Å². The van der Waals surface area contributed by atoms with Crippen LogP contribution in [0.1, 0.15) is 11.1 Å². The molecular formula is C17H15N5Se. The van der Waals surface area contributed by atoms with Gasteiger partial charge in [-0.2, -0.15) is 0 Å². The van der Waals surface area contributed by atoms with Gasteiger partial charge in [0.2, 0.25) is 0 Å². The van der Waals surface area contributed by atoms with Crippen molar-refractivity contribution in [2.75, 3.05) is 0 Å². The second-order valence-corrected chi connectivity index (χ2v) is 7.27. The summed E-state index contributed by atoms with van der Waals surface area (Å²) in [5, 5.41) is 14.8. The molecule has 0 unspecified atom stereocenters. The van der Waals surface area contributed by atoms with Crippen LogP contribution in [0.2, 0.25) is 0 Å². The number of hydrogen-bond acceptors (Lipinski definition) is 3. The molecular weight excluding hydrogens is 353 g/mol. The molecule has 0 atom stereocenters. The van der Waals surface area contributed by atoms with Crippen LogP contribution in [0.4, 0.5) is 0 Å². The monoisotopic (exact) mass is 369 g/mol. The number of nitrogen functional groups attached to an aromatic ring is 2. The third kappa shape index (κ3) is 3.23. The van der Waals surface area contributed by atoms with Gasteiger partial charge in [0.25, 0.3) is 0 Å². The molecule has 0 spiro atoms. The van der Waals surface area contributed by atoms with Gasteiger partial charge in [-0.25, -0.2) is 0 Å². The molecule has 0 fully saturated rings. The van der Waals surface area contributed by atoms with Crippen LogP contribution in [0.15, 0.2) is 54.7 Å². The first-order valence-corrected chi connectivity index (χ1v) is 8.61. The number of amidine groups is 2. The molecule has 2 heterocycles. The normalized spacial score (nSPS) is 10.4. The quantitative estimate of drug-likeness (QED) is 0.321. The van der Waals surface area contributed by atoms with E-state index in [-0.39, 0.29) is 26.2 Å². The Morgan fingerprint density at radius 3 is 1.96 bits per heavy atom. The third-order valence-corrected chi connectivity index (χ3v) is 5.84. The summed E-state index contributed by atoms with van der Waals surface area (Å²) < 4.78 is 2.46. The van der Waals surface area contributed by atoms with Crippen molar-refractivity contribution in [3.05, 3.63) is 65.9 Å². The summed E-state index contributed by atoms with van der Waals surface area (Å²) in [7, 11) is 0. The molecule has 0 bridgehead atoms. The first-order chi connectivity index (χ1) is 11.0. The fourth-order valence-corrected chi connectivity index (χ4v) is 4.22. The van der Waals surface area contributed by atoms with Crippen LogP contribution in [-0.2, 0) is 0 Å². The summed E-state index contributed by atoms with van der Waals surface area (Å²) in [4.78, 5) is 4.40. The molecule has 114 valence electrons. The van der Waals surface area contributed by atoms with E-state index in [0.717, 1.165) is 16.8 Å². The van der Waals surface area contributed by atoms with E-state index < -0.39 is 0 Å². The Labute approximate surface area is 139 Å². The number of nitrogens with two attached hydrogens (primary N) is 2. The van der Waals surface area contributed by atoms with Crippen LogP contribution in [-0.4, -0.2) is 31.2 Å².